The summed E-state index contributed by atoms with van der Waals surface area (Å²) in [6.07, 6.45) is 7.81. The Kier molecular flexibility index (Phi) is 3.60. The molecular formula is C15H26N2O. The molecule has 3 rings (SSSR count). The molecule has 3 nitrogen and oxygen atoms in total. The molecule has 0 aromatic heterocycles. The molecule has 1 aliphatic heterocycles. The minimum Gasteiger partial charge on any atom is -0.341 e. The number of hydrogen-bond donors (Lipinski definition) is 1. The molecule has 1 amide bonds. The van der Waals surface area contributed by atoms with E-state index in [1.807, 2.05) is 0 Å². The smallest absolute Gasteiger partial charge is 0.226 e. The number of fused-ring (bicyclic) bond motifs is 1. The maximum atomic E-state index is 12.6. The number of likely N-dealkylation sites (N-methyl/N-ethyl adjacent to an activating group) is 1. The monoisotopic (exact) mass is 250 g/mol. The maximum absolute atomic E-state index is 12.6. The summed E-state index contributed by atoms with van der Waals surface area (Å²) in [6, 6.07) is 0.551. The van der Waals surface area contributed by atoms with E-state index in [1.54, 1.807) is 0 Å². The van der Waals surface area contributed by atoms with Gasteiger partial charge in [0, 0.05) is 25.0 Å². The average molecular weight is 250 g/mol. The lowest BCUT2D eigenvalue weighted by atomic mass is 10.0. The van der Waals surface area contributed by atoms with Crippen LogP contribution >= 0.6 is 0 Å². The maximum Gasteiger partial charge on any atom is 0.226 e. The Bertz CT molecular complexity index is 300. The predicted octanol–water partition coefficient (Wildman–Crippen LogP) is 2.02. The molecule has 18 heavy (non-hydrogen) atoms. The molecule has 0 aromatic rings. The van der Waals surface area contributed by atoms with Crippen LogP contribution in [0.15, 0.2) is 0 Å². The molecule has 3 unspecified atom stereocenters. The van der Waals surface area contributed by atoms with Crippen molar-refractivity contribution in [2.75, 3.05) is 19.6 Å². The number of carbonyl (C=O) groups excluding carboxylic acids is 1. The second kappa shape index (κ2) is 5.20. The number of amides is 1. The Morgan fingerprint density at radius 2 is 1.89 bits per heavy atom. The van der Waals surface area contributed by atoms with E-state index >= 15 is 0 Å². The van der Waals surface area contributed by atoms with Crippen molar-refractivity contribution in [3.63, 3.8) is 0 Å². The van der Waals surface area contributed by atoms with Crippen LogP contribution in [0, 0.1) is 17.8 Å². The topological polar surface area (TPSA) is 32.3 Å². The number of nitrogens with one attached hydrogen (secondary N) is 1. The van der Waals surface area contributed by atoms with E-state index in [9.17, 15) is 4.79 Å². The molecule has 3 fully saturated rings. The van der Waals surface area contributed by atoms with Crippen LogP contribution in [-0.4, -0.2) is 36.5 Å². The summed E-state index contributed by atoms with van der Waals surface area (Å²) in [5.74, 6) is 2.35. The first-order valence-corrected chi connectivity index (χ1v) is 7.83. The zero-order valence-electron chi connectivity index (χ0n) is 11.5. The first-order chi connectivity index (χ1) is 8.81. The van der Waals surface area contributed by atoms with Gasteiger partial charge >= 0.3 is 0 Å². The molecule has 3 aliphatic rings. The van der Waals surface area contributed by atoms with E-state index in [4.69, 9.17) is 0 Å². The molecule has 0 bridgehead atoms. The minimum atomic E-state index is 0.397. The van der Waals surface area contributed by atoms with E-state index in [1.165, 1.54) is 38.5 Å². The van der Waals surface area contributed by atoms with Crippen molar-refractivity contribution in [2.45, 2.75) is 51.5 Å². The van der Waals surface area contributed by atoms with Gasteiger partial charge in [-0.25, -0.2) is 0 Å². The Morgan fingerprint density at radius 3 is 2.44 bits per heavy atom. The number of nitrogens with zero attached hydrogens (tertiary/aromatic N) is 1. The fourth-order valence-corrected chi connectivity index (χ4v) is 4.12. The highest BCUT2D eigenvalue weighted by Gasteiger charge is 2.55. The Morgan fingerprint density at radius 1 is 1.17 bits per heavy atom. The van der Waals surface area contributed by atoms with Crippen molar-refractivity contribution in [3.05, 3.63) is 0 Å². The van der Waals surface area contributed by atoms with Gasteiger partial charge < -0.3 is 10.2 Å². The van der Waals surface area contributed by atoms with Gasteiger partial charge in [0.15, 0.2) is 0 Å². The normalized spacial score (nSPS) is 38.3. The van der Waals surface area contributed by atoms with Crippen molar-refractivity contribution in [3.8, 4) is 0 Å². The summed E-state index contributed by atoms with van der Waals surface area (Å²) in [6.45, 7) is 5.07. The molecule has 1 N–H and O–H groups in total. The molecule has 1 heterocycles. The lowest BCUT2D eigenvalue weighted by molar-refractivity contribution is -0.133. The molecule has 3 heteroatoms. The largest absolute Gasteiger partial charge is 0.341 e. The van der Waals surface area contributed by atoms with Gasteiger partial charge in [-0.15, -0.1) is 0 Å². The van der Waals surface area contributed by atoms with Crippen molar-refractivity contribution >= 4 is 5.91 Å². The molecule has 1 saturated heterocycles. The van der Waals surface area contributed by atoms with E-state index in [-0.39, 0.29) is 0 Å². The zero-order valence-corrected chi connectivity index (χ0v) is 11.5. The van der Waals surface area contributed by atoms with E-state index in [2.05, 4.69) is 17.1 Å². The molecule has 2 aliphatic carbocycles. The molecular weight excluding hydrogens is 224 g/mol. The highest BCUT2D eigenvalue weighted by atomic mass is 16.2. The van der Waals surface area contributed by atoms with Crippen LogP contribution in [0.2, 0.25) is 0 Å². The molecule has 0 spiro atoms. The number of hydrogen-bond acceptors (Lipinski definition) is 2. The summed E-state index contributed by atoms with van der Waals surface area (Å²) in [5, 5.41) is 3.50. The SMILES string of the molecule is CCN(CC1CCCN1)C(=O)C1C2CCCCC21. The Hall–Kier alpha value is -0.570. The van der Waals surface area contributed by atoms with Gasteiger partial charge in [-0.1, -0.05) is 12.8 Å². The van der Waals surface area contributed by atoms with Gasteiger partial charge in [-0.05, 0) is 51.0 Å². The van der Waals surface area contributed by atoms with E-state index < -0.39 is 0 Å². The van der Waals surface area contributed by atoms with Crippen LogP contribution < -0.4 is 5.32 Å². The molecule has 2 saturated carbocycles. The van der Waals surface area contributed by atoms with Crippen molar-refractivity contribution < 1.29 is 4.79 Å². The third-order valence-electron chi connectivity index (χ3n) is 5.24. The van der Waals surface area contributed by atoms with E-state index in [0.717, 1.165) is 31.5 Å². The third kappa shape index (κ3) is 2.29. The summed E-state index contributed by atoms with van der Waals surface area (Å²) in [4.78, 5) is 14.7. The average Bonchev–Trinajstić information content (AvgIpc) is 2.90. The Balaban J connectivity index is 1.56. The fourth-order valence-electron chi connectivity index (χ4n) is 4.12. The van der Waals surface area contributed by atoms with Crippen LogP contribution in [-0.2, 0) is 4.79 Å². The van der Waals surface area contributed by atoms with Gasteiger partial charge in [0.05, 0.1) is 0 Å². The van der Waals surface area contributed by atoms with Crippen LogP contribution in [0.4, 0.5) is 0 Å². The van der Waals surface area contributed by atoms with Crippen molar-refractivity contribution in [1.29, 1.82) is 0 Å². The standard InChI is InChI=1S/C15H26N2O/c1-2-17(10-11-6-5-9-16-11)15(18)14-12-7-3-4-8-13(12)14/h11-14,16H,2-10H2,1H3. The van der Waals surface area contributed by atoms with Gasteiger partial charge in [-0.2, -0.15) is 0 Å². The van der Waals surface area contributed by atoms with Gasteiger partial charge in [0.2, 0.25) is 5.91 Å². The first-order valence-electron chi connectivity index (χ1n) is 7.83. The van der Waals surface area contributed by atoms with E-state index in [0.29, 0.717) is 17.9 Å². The summed E-state index contributed by atoms with van der Waals surface area (Å²) < 4.78 is 0. The molecule has 0 aromatic carbocycles. The molecule has 0 radical (unpaired) electrons. The van der Waals surface area contributed by atoms with Crippen LogP contribution in [0.5, 0.6) is 0 Å². The first kappa shape index (κ1) is 12.5. The van der Waals surface area contributed by atoms with Crippen LogP contribution in [0.3, 0.4) is 0 Å². The quantitative estimate of drug-likeness (QED) is 0.828. The van der Waals surface area contributed by atoms with Crippen LogP contribution in [0.25, 0.3) is 0 Å². The Labute approximate surface area is 110 Å². The minimum absolute atomic E-state index is 0.397. The van der Waals surface area contributed by atoms with Gasteiger partial charge in [0.25, 0.3) is 0 Å². The second-order valence-electron chi connectivity index (χ2n) is 6.31. The summed E-state index contributed by atoms with van der Waals surface area (Å²) in [7, 11) is 0. The van der Waals surface area contributed by atoms with Gasteiger partial charge in [-0.3, -0.25) is 4.79 Å². The highest BCUT2D eigenvalue weighted by molar-refractivity contribution is 5.82. The van der Waals surface area contributed by atoms with Crippen molar-refractivity contribution in [2.24, 2.45) is 17.8 Å². The zero-order chi connectivity index (χ0) is 12.5. The lowest BCUT2D eigenvalue weighted by Crippen LogP contribution is -2.42. The van der Waals surface area contributed by atoms with Crippen LogP contribution in [0.1, 0.15) is 45.4 Å². The van der Waals surface area contributed by atoms with Gasteiger partial charge in [0.1, 0.15) is 0 Å². The predicted molar refractivity (Wildman–Crippen MR) is 72.2 cm³/mol. The number of carbonyl (C=O) groups is 1. The summed E-state index contributed by atoms with van der Waals surface area (Å²) in [5.41, 5.74) is 0. The number of rotatable bonds is 4. The second-order valence-corrected chi connectivity index (χ2v) is 6.31. The molecule has 3 atom stereocenters. The lowest BCUT2D eigenvalue weighted by Gasteiger charge is -2.25. The third-order valence-corrected chi connectivity index (χ3v) is 5.24. The highest BCUT2D eigenvalue weighted by Crippen LogP contribution is 2.56. The fraction of sp³-hybridized carbons (Fsp3) is 0.933. The van der Waals surface area contributed by atoms with Crippen molar-refractivity contribution in [1.82, 2.24) is 10.2 Å². The molecule has 102 valence electrons. The summed E-state index contributed by atoms with van der Waals surface area (Å²) >= 11 is 0.